The molecule has 0 saturated heterocycles. The van der Waals surface area contributed by atoms with E-state index in [9.17, 15) is 4.79 Å². The highest BCUT2D eigenvalue weighted by atomic mass is 35.5. The van der Waals surface area contributed by atoms with Crippen molar-refractivity contribution in [2.24, 2.45) is 0 Å². The maximum atomic E-state index is 10.6. The van der Waals surface area contributed by atoms with E-state index < -0.39 is 5.97 Å². The summed E-state index contributed by atoms with van der Waals surface area (Å²) in [5, 5.41) is 15.9. The standard InChI is InChI=1S/C9H8Cl2N2O2/c10-5-1-2-6(12)8(9(11)13)4(5)3-7(14)15/h1-2,13H,3,12H2,(H,14,15). The Morgan fingerprint density at radius 1 is 1.53 bits per heavy atom. The van der Waals surface area contributed by atoms with Gasteiger partial charge in [0.15, 0.2) is 0 Å². The smallest absolute Gasteiger partial charge is 0.307 e. The molecule has 1 aromatic rings. The fraction of sp³-hybridized carbons (Fsp3) is 0.111. The SMILES string of the molecule is N=C(Cl)c1c(N)ccc(Cl)c1CC(=O)O. The van der Waals surface area contributed by atoms with Crippen LogP contribution >= 0.6 is 23.2 Å². The molecule has 0 spiro atoms. The summed E-state index contributed by atoms with van der Waals surface area (Å²) in [6, 6.07) is 2.97. The molecular formula is C9H8Cl2N2O2. The summed E-state index contributed by atoms with van der Waals surface area (Å²) in [5.74, 6) is -1.05. The van der Waals surface area contributed by atoms with Crippen molar-refractivity contribution in [1.29, 1.82) is 5.41 Å². The van der Waals surface area contributed by atoms with Gasteiger partial charge in [-0.2, -0.15) is 0 Å². The number of benzene rings is 1. The minimum absolute atomic E-state index is 0.187. The molecule has 1 rings (SSSR count). The zero-order valence-corrected chi connectivity index (χ0v) is 9.06. The first-order chi connectivity index (χ1) is 6.93. The molecule has 0 aliphatic rings. The van der Waals surface area contributed by atoms with Gasteiger partial charge in [-0.1, -0.05) is 23.2 Å². The first-order valence-corrected chi connectivity index (χ1v) is 4.72. The summed E-state index contributed by atoms with van der Waals surface area (Å²) < 4.78 is 0. The normalized spacial score (nSPS) is 10.0. The van der Waals surface area contributed by atoms with E-state index in [1.807, 2.05) is 0 Å². The van der Waals surface area contributed by atoms with Crippen molar-refractivity contribution >= 4 is 40.0 Å². The lowest BCUT2D eigenvalue weighted by Gasteiger charge is -2.10. The maximum absolute atomic E-state index is 10.6. The molecule has 0 fully saturated rings. The summed E-state index contributed by atoms with van der Waals surface area (Å²) in [7, 11) is 0. The van der Waals surface area contributed by atoms with Crippen molar-refractivity contribution in [2.45, 2.75) is 6.42 Å². The number of halogens is 2. The number of nitrogen functional groups attached to an aromatic ring is 1. The molecule has 0 amide bonds. The van der Waals surface area contributed by atoms with Crippen molar-refractivity contribution in [3.8, 4) is 0 Å². The number of anilines is 1. The van der Waals surface area contributed by atoms with Crippen LogP contribution in [0, 0.1) is 5.41 Å². The molecule has 0 atom stereocenters. The van der Waals surface area contributed by atoms with Gasteiger partial charge in [0.1, 0.15) is 5.17 Å². The van der Waals surface area contributed by atoms with Crippen LogP contribution in [0.1, 0.15) is 11.1 Å². The lowest BCUT2D eigenvalue weighted by molar-refractivity contribution is -0.136. The molecule has 4 nitrogen and oxygen atoms in total. The first-order valence-electron chi connectivity index (χ1n) is 3.96. The molecule has 6 heteroatoms. The van der Waals surface area contributed by atoms with Crippen LogP contribution in [0.2, 0.25) is 5.02 Å². The van der Waals surface area contributed by atoms with Crippen LogP contribution in [0.5, 0.6) is 0 Å². The number of carboxylic acids is 1. The third-order valence-electron chi connectivity index (χ3n) is 1.84. The van der Waals surface area contributed by atoms with Crippen molar-refractivity contribution in [3.63, 3.8) is 0 Å². The Labute approximate surface area is 96.1 Å². The Bertz CT molecular complexity index is 432. The lowest BCUT2D eigenvalue weighted by atomic mass is 10.0. The molecule has 15 heavy (non-hydrogen) atoms. The zero-order valence-electron chi connectivity index (χ0n) is 7.55. The predicted molar refractivity (Wildman–Crippen MR) is 59.9 cm³/mol. The van der Waals surface area contributed by atoms with Crippen molar-refractivity contribution in [1.82, 2.24) is 0 Å². The average molecular weight is 247 g/mol. The van der Waals surface area contributed by atoms with E-state index in [4.69, 9.17) is 39.5 Å². The molecule has 0 saturated carbocycles. The van der Waals surface area contributed by atoms with Gasteiger partial charge in [0.2, 0.25) is 0 Å². The number of hydrogen-bond donors (Lipinski definition) is 3. The topological polar surface area (TPSA) is 87.2 Å². The third-order valence-corrected chi connectivity index (χ3v) is 2.38. The van der Waals surface area contributed by atoms with Crippen molar-refractivity contribution < 1.29 is 9.90 Å². The van der Waals surface area contributed by atoms with E-state index in [-0.39, 0.29) is 33.4 Å². The van der Waals surface area contributed by atoms with Crippen LogP contribution in [-0.4, -0.2) is 16.2 Å². The van der Waals surface area contributed by atoms with E-state index in [1.54, 1.807) is 0 Å². The van der Waals surface area contributed by atoms with Gasteiger partial charge in [0.05, 0.1) is 6.42 Å². The fourth-order valence-corrected chi connectivity index (χ4v) is 1.67. The highest BCUT2D eigenvalue weighted by Crippen LogP contribution is 2.27. The Morgan fingerprint density at radius 3 is 2.60 bits per heavy atom. The molecule has 0 bridgehead atoms. The third kappa shape index (κ3) is 2.61. The molecule has 4 N–H and O–H groups in total. The predicted octanol–water partition coefficient (Wildman–Crippen LogP) is 2.11. The Hall–Kier alpha value is -1.26. The van der Waals surface area contributed by atoms with E-state index in [0.717, 1.165) is 0 Å². The monoisotopic (exact) mass is 246 g/mol. The van der Waals surface area contributed by atoms with Gasteiger partial charge in [-0.05, 0) is 17.7 Å². The highest BCUT2D eigenvalue weighted by molar-refractivity contribution is 6.69. The number of carboxylic acid groups (broad SMARTS) is 1. The van der Waals surface area contributed by atoms with Gasteiger partial charge >= 0.3 is 5.97 Å². The summed E-state index contributed by atoms with van der Waals surface area (Å²) >= 11 is 11.3. The quantitative estimate of drug-likeness (QED) is 0.564. The van der Waals surface area contributed by atoms with Crippen LogP contribution in [0.4, 0.5) is 5.69 Å². The van der Waals surface area contributed by atoms with E-state index in [2.05, 4.69) is 0 Å². The van der Waals surface area contributed by atoms with Crippen LogP contribution in [0.25, 0.3) is 0 Å². The van der Waals surface area contributed by atoms with Gasteiger partial charge in [0.25, 0.3) is 0 Å². The average Bonchev–Trinajstić information content (AvgIpc) is 2.10. The minimum Gasteiger partial charge on any atom is -0.481 e. The second-order valence-corrected chi connectivity index (χ2v) is 3.66. The summed E-state index contributed by atoms with van der Waals surface area (Å²) in [6.07, 6.45) is -0.311. The van der Waals surface area contributed by atoms with Gasteiger partial charge < -0.3 is 10.8 Å². The number of rotatable bonds is 3. The maximum Gasteiger partial charge on any atom is 0.307 e. The molecule has 0 aromatic heterocycles. The number of nitrogens with one attached hydrogen (secondary N) is 1. The van der Waals surface area contributed by atoms with Crippen LogP contribution < -0.4 is 5.73 Å². The number of carbonyl (C=O) groups is 1. The molecule has 1 aromatic carbocycles. The molecule has 80 valence electrons. The largest absolute Gasteiger partial charge is 0.481 e. The Kier molecular flexibility index (Phi) is 3.55. The molecule has 0 unspecified atom stereocenters. The van der Waals surface area contributed by atoms with Crippen molar-refractivity contribution in [2.75, 3.05) is 5.73 Å². The first kappa shape index (κ1) is 11.8. The number of nitrogens with two attached hydrogens (primary N) is 1. The van der Waals surface area contributed by atoms with Gasteiger partial charge in [-0.15, -0.1) is 0 Å². The van der Waals surface area contributed by atoms with Gasteiger partial charge in [-0.3, -0.25) is 10.2 Å². The van der Waals surface area contributed by atoms with E-state index in [0.29, 0.717) is 0 Å². The number of hydrogen-bond acceptors (Lipinski definition) is 3. The van der Waals surface area contributed by atoms with Crippen LogP contribution in [0.15, 0.2) is 12.1 Å². The Balaban J connectivity index is 3.38. The molecular weight excluding hydrogens is 239 g/mol. The second-order valence-electron chi connectivity index (χ2n) is 2.87. The molecule has 0 radical (unpaired) electrons. The summed E-state index contributed by atoms with van der Waals surface area (Å²) in [6.45, 7) is 0. The highest BCUT2D eigenvalue weighted by Gasteiger charge is 2.16. The van der Waals surface area contributed by atoms with E-state index in [1.165, 1.54) is 12.1 Å². The summed E-state index contributed by atoms with van der Waals surface area (Å²) in [5.41, 5.74) is 6.29. The zero-order chi connectivity index (χ0) is 11.6. The minimum atomic E-state index is -1.05. The second kappa shape index (κ2) is 4.51. The Morgan fingerprint density at radius 2 is 2.13 bits per heavy atom. The summed E-state index contributed by atoms with van der Waals surface area (Å²) in [4.78, 5) is 10.6. The van der Waals surface area contributed by atoms with Gasteiger partial charge in [0, 0.05) is 16.3 Å². The number of aliphatic carboxylic acids is 1. The molecule has 0 aliphatic carbocycles. The van der Waals surface area contributed by atoms with Crippen LogP contribution in [0.3, 0.4) is 0 Å². The molecule has 0 aliphatic heterocycles. The van der Waals surface area contributed by atoms with Gasteiger partial charge in [-0.25, -0.2) is 0 Å². The fourth-order valence-electron chi connectivity index (χ4n) is 1.22. The lowest BCUT2D eigenvalue weighted by Crippen LogP contribution is -2.09. The van der Waals surface area contributed by atoms with E-state index >= 15 is 0 Å². The van der Waals surface area contributed by atoms with Crippen molar-refractivity contribution in [3.05, 3.63) is 28.3 Å². The molecule has 0 heterocycles. The van der Waals surface area contributed by atoms with Crippen LogP contribution in [-0.2, 0) is 11.2 Å².